The normalized spacial score (nSPS) is 29.0. The lowest BCUT2D eigenvalue weighted by atomic mass is 9.64. The molecule has 21 heavy (non-hydrogen) atoms. The van der Waals surface area contributed by atoms with Crippen molar-refractivity contribution in [1.82, 2.24) is 0 Å². The molecule has 1 saturated carbocycles. The second-order valence-electron chi connectivity index (χ2n) is 6.40. The monoisotopic (exact) mass is 288 g/mol. The SMILES string of the molecule is O=CCC1(C2COC(c3ccccc3)OC2)CCCCC1. The van der Waals surface area contributed by atoms with E-state index in [4.69, 9.17) is 9.47 Å². The fourth-order valence-electron chi connectivity index (χ4n) is 3.86. The van der Waals surface area contributed by atoms with Crippen LogP contribution in [0.25, 0.3) is 0 Å². The van der Waals surface area contributed by atoms with Gasteiger partial charge >= 0.3 is 0 Å². The van der Waals surface area contributed by atoms with Crippen LogP contribution in [0.3, 0.4) is 0 Å². The van der Waals surface area contributed by atoms with Crippen molar-refractivity contribution >= 4 is 6.29 Å². The van der Waals surface area contributed by atoms with E-state index in [9.17, 15) is 4.79 Å². The number of hydrogen-bond acceptors (Lipinski definition) is 3. The Morgan fingerprint density at radius 2 is 1.71 bits per heavy atom. The van der Waals surface area contributed by atoms with Crippen LogP contribution in [0.2, 0.25) is 0 Å². The summed E-state index contributed by atoms with van der Waals surface area (Å²) in [5.41, 5.74) is 1.19. The number of carbonyl (C=O) groups is 1. The Hall–Kier alpha value is -1.19. The molecule has 2 fully saturated rings. The summed E-state index contributed by atoms with van der Waals surface area (Å²) in [6.45, 7) is 1.40. The minimum Gasteiger partial charge on any atom is -0.348 e. The summed E-state index contributed by atoms with van der Waals surface area (Å²) in [6, 6.07) is 10.1. The van der Waals surface area contributed by atoms with Gasteiger partial charge in [0.25, 0.3) is 0 Å². The van der Waals surface area contributed by atoms with Gasteiger partial charge in [0.1, 0.15) is 6.29 Å². The van der Waals surface area contributed by atoms with Crippen molar-refractivity contribution in [1.29, 1.82) is 0 Å². The zero-order valence-electron chi connectivity index (χ0n) is 12.5. The lowest BCUT2D eigenvalue weighted by Gasteiger charge is -2.45. The number of rotatable bonds is 4. The Bertz CT molecular complexity index is 443. The van der Waals surface area contributed by atoms with Crippen LogP contribution >= 0.6 is 0 Å². The Labute approximate surface area is 126 Å². The van der Waals surface area contributed by atoms with Gasteiger partial charge in [-0.3, -0.25) is 0 Å². The summed E-state index contributed by atoms with van der Waals surface area (Å²) >= 11 is 0. The highest BCUT2D eigenvalue weighted by atomic mass is 16.7. The first-order valence-corrected chi connectivity index (χ1v) is 8.06. The third-order valence-electron chi connectivity index (χ3n) is 5.17. The Morgan fingerprint density at radius 3 is 2.33 bits per heavy atom. The Balaban J connectivity index is 1.65. The Kier molecular flexibility index (Phi) is 4.71. The van der Waals surface area contributed by atoms with E-state index < -0.39 is 0 Å². The summed E-state index contributed by atoms with van der Waals surface area (Å²) in [5.74, 6) is 0.350. The minimum atomic E-state index is -0.251. The summed E-state index contributed by atoms with van der Waals surface area (Å²) in [5, 5.41) is 0. The van der Waals surface area contributed by atoms with Crippen molar-refractivity contribution < 1.29 is 14.3 Å². The van der Waals surface area contributed by atoms with E-state index in [1.165, 1.54) is 19.3 Å². The van der Waals surface area contributed by atoms with Crippen LogP contribution in [0.5, 0.6) is 0 Å². The topological polar surface area (TPSA) is 35.5 Å². The first-order valence-electron chi connectivity index (χ1n) is 8.06. The van der Waals surface area contributed by atoms with Crippen LogP contribution in [0.15, 0.2) is 30.3 Å². The van der Waals surface area contributed by atoms with Gasteiger partial charge < -0.3 is 14.3 Å². The summed E-state index contributed by atoms with van der Waals surface area (Å²) in [4.78, 5) is 11.1. The van der Waals surface area contributed by atoms with Gasteiger partial charge in [-0.05, 0) is 18.3 Å². The molecule has 3 heteroatoms. The standard InChI is InChI=1S/C18H24O3/c19-12-11-18(9-5-2-6-10-18)16-13-20-17(21-14-16)15-7-3-1-4-8-15/h1,3-4,7-8,12,16-17H,2,5-6,9-11,13-14H2. The fraction of sp³-hybridized carbons (Fsp3) is 0.611. The van der Waals surface area contributed by atoms with E-state index in [0.29, 0.717) is 25.6 Å². The maximum absolute atomic E-state index is 11.1. The van der Waals surface area contributed by atoms with Crippen LogP contribution in [-0.4, -0.2) is 19.5 Å². The van der Waals surface area contributed by atoms with E-state index in [2.05, 4.69) is 0 Å². The molecule has 0 radical (unpaired) electrons. The number of ether oxygens (including phenoxy) is 2. The van der Waals surface area contributed by atoms with Crippen LogP contribution in [0, 0.1) is 11.3 Å². The van der Waals surface area contributed by atoms with Crippen LogP contribution in [-0.2, 0) is 14.3 Å². The third kappa shape index (κ3) is 3.19. The molecule has 1 saturated heterocycles. The average molecular weight is 288 g/mol. The zero-order valence-corrected chi connectivity index (χ0v) is 12.5. The van der Waals surface area contributed by atoms with Crippen LogP contribution in [0.1, 0.15) is 50.4 Å². The molecule has 3 nitrogen and oxygen atoms in total. The fourth-order valence-corrected chi connectivity index (χ4v) is 3.86. The van der Waals surface area contributed by atoms with Crippen molar-refractivity contribution in [3.05, 3.63) is 35.9 Å². The number of carbonyl (C=O) groups excluding carboxylic acids is 1. The first kappa shape index (κ1) is 14.7. The number of hydrogen-bond donors (Lipinski definition) is 0. The molecule has 1 aliphatic carbocycles. The van der Waals surface area contributed by atoms with Crippen molar-refractivity contribution in [3.63, 3.8) is 0 Å². The van der Waals surface area contributed by atoms with Crippen molar-refractivity contribution in [2.45, 2.75) is 44.8 Å². The van der Waals surface area contributed by atoms with Gasteiger partial charge in [0.05, 0.1) is 13.2 Å². The molecule has 0 N–H and O–H groups in total. The average Bonchev–Trinajstić information content (AvgIpc) is 2.57. The van der Waals surface area contributed by atoms with E-state index in [1.807, 2.05) is 30.3 Å². The molecule has 2 aliphatic rings. The molecule has 1 aliphatic heterocycles. The van der Waals surface area contributed by atoms with Crippen molar-refractivity contribution in [2.24, 2.45) is 11.3 Å². The molecule has 0 spiro atoms. The van der Waals surface area contributed by atoms with Crippen molar-refractivity contribution in [3.8, 4) is 0 Å². The van der Waals surface area contributed by atoms with Gasteiger partial charge in [0.2, 0.25) is 0 Å². The molecule has 0 aromatic heterocycles. The van der Waals surface area contributed by atoms with Gasteiger partial charge in [-0.15, -0.1) is 0 Å². The van der Waals surface area contributed by atoms with E-state index in [-0.39, 0.29) is 11.7 Å². The lowest BCUT2D eigenvalue weighted by Crippen LogP contribution is -2.42. The van der Waals surface area contributed by atoms with Gasteiger partial charge in [0, 0.05) is 17.9 Å². The third-order valence-corrected chi connectivity index (χ3v) is 5.17. The van der Waals surface area contributed by atoms with Gasteiger partial charge in [-0.2, -0.15) is 0 Å². The maximum atomic E-state index is 11.1. The first-order chi connectivity index (χ1) is 10.3. The lowest BCUT2D eigenvalue weighted by molar-refractivity contribution is -0.226. The molecule has 3 rings (SSSR count). The predicted octanol–water partition coefficient (Wildman–Crippen LogP) is 3.89. The highest BCUT2D eigenvalue weighted by Gasteiger charge is 2.42. The van der Waals surface area contributed by atoms with Gasteiger partial charge in [0.15, 0.2) is 6.29 Å². The molecular weight excluding hydrogens is 264 g/mol. The van der Waals surface area contributed by atoms with E-state index in [0.717, 1.165) is 24.7 Å². The summed E-state index contributed by atoms with van der Waals surface area (Å²) in [7, 11) is 0. The smallest absolute Gasteiger partial charge is 0.183 e. The predicted molar refractivity (Wildman–Crippen MR) is 80.8 cm³/mol. The zero-order chi connectivity index (χ0) is 14.5. The second-order valence-corrected chi connectivity index (χ2v) is 6.40. The molecule has 1 heterocycles. The molecule has 1 aromatic carbocycles. The highest BCUT2D eigenvalue weighted by Crippen LogP contribution is 2.47. The van der Waals surface area contributed by atoms with Crippen LogP contribution in [0.4, 0.5) is 0 Å². The molecule has 0 amide bonds. The number of aldehydes is 1. The largest absolute Gasteiger partial charge is 0.348 e. The number of benzene rings is 1. The highest BCUT2D eigenvalue weighted by molar-refractivity contribution is 5.51. The van der Waals surface area contributed by atoms with Gasteiger partial charge in [-0.25, -0.2) is 0 Å². The minimum absolute atomic E-state index is 0.113. The van der Waals surface area contributed by atoms with Crippen LogP contribution < -0.4 is 0 Å². The summed E-state index contributed by atoms with van der Waals surface area (Å²) in [6.07, 6.45) is 7.52. The molecule has 0 unspecified atom stereocenters. The Morgan fingerprint density at radius 1 is 1.05 bits per heavy atom. The molecular formula is C18H24O3. The second kappa shape index (κ2) is 6.71. The van der Waals surface area contributed by atoms with Gasteiger partial charge in [-0.1, -0.05) is 49.6 Å². The maximum Gasteiger partial charge on any atom is 0.183 e. The molecule has 114 valence electrons. The molecule has 0 atom stereocenters. The van der Waals surface area contributed by atoms with E-state index in [1.54, 1.807) is 0 Å². The summed E-state index contributed by atoms with van der Waals surface area (Å²) < 4.78 is 11.9. The molecule has 0 bridgehead atoms. The quantitative estimate of drug-likeness (QED) is 0.789. The van der Waals surface area contributed by atoms with E-state index >= 15 is 0 Å². The van der Waals surface area contributed by atoms with Crippen molar-refractivity contribution in [2.75, 3.05) is 13.2 Å². The molecule has 1 aromatic rings.